The van der Waals surface area contributed by atoms with Gasteiger partial charge in [-0.25, -0.2) is 9.36 Å². The monoisotopic (exact) mass is 323 g/mol. The normalized spacial score (nSPS) is 12.8. The van der Waals surface area contributed by atoms with Crippen LogP contribution < -0.4 is 5.76 Å². The minimum atomic E-state index is -0.340. The Hall–Kier alpha value is -2.29. The molecule has 0 aliphatic heterocycles. The van der Waals surface area contributed by atoms with Crippen molar-refractivity contribution in [2.24, 2.45) is 0 Å². The zero-order valence-corrected chi connectivity index (χ0v) is 15.3. The molecular formula is C21H25NO2. The second-order valence-corrected chi connectivity index (χ2v) is 8.41. The van der Waals surface area contributed by atoms with Crippen LogP contribution in [0.5, 0.6) is 0 Å². The maximum absolute atomic E-state index is 12.6. The summed E-state index contributed by atoms with van der Waals surface area (Å²) in [6, 6.07) is 13.9. The number of aromatic nitrogens is 1. The third kappa shape index (κ3) is 2.79. The van der Waals surface area contributed by atoms with Gasteiger partial charge in [-0.1, -0.05) is 65.8 Å². The first-order chi connectivity index (χ1) is 11.1. The summed E-state index contributed by atoms with van der Waals surface area (Å²) in [5, 5.41) is 0. The van der Waals surface area contributed by atoms with Gasteiger partial charge in [0.05, 0.1) is 11.2 Å². The summed E-state index contributed by atoms with van der Waals surface area (Å²) in [6.45, 7) is 13.0. The topological polar surface area (TPSA) is 35.1 Å². The number of fused-ring (bicyclic) bond motifs is 1. The van der Waals surface area contributed by atoms with Crippen LogP contribution in [-0.2, 0) is 10.8 Å². The lowest BCUT2D eigenvalue weighted by atomic mass is 9.80. The molecule has 0 unspecified atom stereocenters. The maximum atomic E-state index is 12.6. The number of para-hydroxylation sites is 1. The highest BCUT2D eigenvalue weighted by atomic mass is 16.4. The molecule has 1 heterocycles. The fraction of sp³-hybridized carbons (Fsp3) is 0.381. The molecule has 1 aromatic heterocycles. The van der Waals surface area contributed by atoms with Gasteiger partial charge in [-0.15, -0.1) is 0 Å². The first-order valence-corrected chi connectivity index (χ1v) is 8.35. The Bertz CT molecular complexity index is 932. The lowest BCUT2D eigenvalue weighted by Crippen LogP contribution is -2.17. The second kappa shape index (κ2) is 5.37. The number of nitrogens with zero attached hydrogens (tertiary/aromatic N) is 1. The van der Waals surface area contributed by atoms with Crippen LogP contribution in [0.4, 0.5) is 0 Å². The minimum Gasteiger partial charge on any atom is -0.407 e. The van der Waals surface area contributed by atoms with Crippen LogP contribution in [0.15, 0.2) is 51.7 Å². The fourth-order valence-electron chi connectivity index (χ4n) is 2.93. The molecule has 24 heavy (non-hydrogen) atoms. The van der Waals surface area contributed by atoms with Crippen LogP contribution in [0.1, 0.15) is 52.7 Å². The van der Waals surface area contributed by atoms with Gasteiger partial charge in [-0.05, 0) is 34.6 Å². The third-order valence-electron chi connectivity index (χ3n) is 4.37. The van der Waals surface area contributed by atoms with Crippen molar-refractivity contribution in [1.82, 2.24) is 4.57 Å². The molecule has 3 heteroatoms. The Morgan fingerprint density at radius 2 is 1.50 bits per heavy atom. The molecule has 3 nitrogen and oxygen atoms in total. The number of hydrogen-bond donors (Lipinski definition) is 0. The lowest BCUT2D eigenvalue weighted by molar-refractivity contribution is 0.517. The quantitative estimate of drug-likeness (QED) is 0.618. The van der Waals surface area contributed by atoms with E-state index in [-0.39, 0.29) is 16.6 Å². The Morgan fingerprint density at radius 3 is 2.04 bits per heavy atom. The van der Waals surface area contributed by atoms with Crippen molar-refractivity contribution < 1.29 is 4.42 Å². The van der Waals surface area contributed by atoms with Crippen LogP contribution in [-0.4, -0.2) is 4.57 Å². The molecule has 0 N–H and O–H groups in total. The smallest absolute Gasteiger partial charge is 0.407 e. The zero-order valence-electron chi connectivity index (χ0n) is 15.3. The number of hydrogen-bond acceptors (Lipinski definition) is 2. The van der Waals surface area contributed by atoms with Crippen LogP contribution in [0, 0.1) is 0 Å². The van der Waals surface area contributed by atoms with Gasteiger partial charge in [0.15, 0.2) is 5.58 Å². The Labute approximate surface area is 142 Å². The van der Waals surface area contributed by atoms with Gasteiger partial charge in [0.25, 0.3) is 0 Å². The van der Waals surface area contributed by atoms with E-state index in [0.717, 1.165) is 16.8 Å². The molecule has 0 radical (unpaired) electrons. The maximum Gasteiger partial charge on any atom is 0.424 e. The molecule has 3 aromatic rings. The summed E-state index contributed by atoms with van der Waals surface area (Å²) >= 11 is 0. The standard InChI is InChI=1S/C21H25NO2/c1-20(2,3)14-12-16(21(4,5)6)18-17(13-14)22(19(23)24-18)15-10-8-7-9-11-15/h7-13H,1-6H3. The van der Waals surface area contributed by atoms with Gasteiger partial charge in [0, 0.05) is 5.56 Å². The molecule has 0 saturated carbocycles. The van der Waals surface area contributed by atoms with Gasteiger partial charge in [0.1, 0.15) is 0 Å². The molecule has 0 spiro atoms. The number of benzene rings is 2. The van der Waals surface area contributed by atoms with Crippen molar-refractivity contribution in [3.05, 3.63) is 64.1 Å². The van der Waals surface area contributed by atoms with Crippen molar-refractivity contribution in [2.45, 2.75) is 52.4 Å². The van der Waals surface area contributed by atoms with E-state index in [1.807, 2.05) is 30.3 Å². The molecule has 2 aromatic carbocycles. The molecule has 0 amide bonds. The first-order valence-electron chi connectivity index (χ1n) is 8.35. The Kier molecular flexibility index (Phi) is 3.71. The van der Waals surface area contributed by atoms with E-state index in [1.165, 1.54) is 5.56 Å². The highest BCUT2D eigenvalue weighted by Gasteiger charge is 2.26. The average molecular weight is 323 g/mol. The SMILES string of the molecule is CC(C)(C)c1cc(C(C)(C)C)c2oc(=O)n(-c3ccccc3)c2c1. The number of oxazole rings is 1. The van der Waals surface area contributed by atoms with Crippen LogP contribution >= 0.6 is 0 Å². The number of rotatable bonds is 1. The summed E-state index contributed by atoms with van der Waals surface area (Å²) in [7, 11) is 0. The first kappa shape index (κ1) is 16.6. The van der Waals surface area contributed by atoms with Crippen molar-refractivity contribution in [3.8, 4) is 5.69 Å². The highest BCUT2D eigenvalue weighted by Crippen LogP contribution is 2.35. The van der Waals surface area contributed by atoms with Crippen molar-refractivity contribution in [2.75, 3.05) is 0 Å². The molecule has 0 saturated heterocycles. The van der Waals surface area contributed by atoms with Crippen LogP contribution in [0.3, 0.4) is 0 Å². The summed E-state index contributed by atoms with van der Waals surface area (Å²) in [4.78, 5) is 12.6. The van der Waals surface area contributed by atoms with E-state index in [4.69, 9.17) is 4.42 Å². The van der Waals surface area contributed by atoms with E-state index in [0.29, 0.717) is 5.58 Å². The average Bonchev–Trinajstić information content (AvgIpc) is 2.80. The molecule has 0 atom stereocenters. The molecular weight excluding hydrogens is 298 g/mol. The molecule has 0 aliphatic carbocycles. The summed E-state index contributed by atoms with van der Waals surface area (Å²) in [5.41, 5.74) is 4.49. The van der Waals surface area contributed by atoms with E-state index in [9.17, 15) is 4.79 Å². The lowest BCUT2D eigenvalue weighted by Gasteiger charge is -2.25. The van der Waals surface area contributed by atoms with Gasteiger partial charge in [-0.2, -0.15) is 0 Å². The molecule has 0 fully saturated rings. The van der Waals surface area contributed by atoms with E-state index in [1.54, 1.807) is 4.57 Å². The zero-order chi connectivity index (χ0) is 17.7. The van der Waals surface area contributed by atoms with E-state index < -0.39 is 0 Å². The van der Waals surface area contributed by atoms with Crippen molar-refractivity contribution in [3.63, 3.8) is 0 Å². The molecule has 3 rings (SSSR count). The van der Waals surface area contributed by atoms with Gasteiger partial charge >= 0.3 is 5.76 Å². The third-order valence-corrected chi connectivity index (χ3v) is 4.37. The summed E-state index contributed by atoms with van der Waals surface area (Å²) < 4.78 is 7.35. The minimum absolute atomic E-state index is 0.0109. The van der Waals surface area contributed by atoms with Crippen molar-refractivity contribution >= 4 is 11.1 Å². The Morgan fingerprint density at radius 1 is 0.875 bits per heavy atom. The second-order valence-electron chi connectivity index (χ2n) is 8.41. The van der Waals surface area contributed by atoms with Crippen molar-refractivity contribution in [1.29, 1.82) is 0 Å². The predicted molar refractivity (Wildman–Crippen MR) is 99.2 cm³/mol. The largest absolute Gasteiger partial charge is 0.424 e. The van der Waals surface area contributed by atoms with E-state index >= 15 is 0 Å². The fourth-order valence-corrected chi connectivity index (χ4v) is 2.93. The van der Waals surface area contributed by atoms with Crippen LogP contribution in [0.25, 0.3) is 16.8 Å². The van der Waals surface area contributed by atoms with E-state index in [2.05, 4.69) is 53.7 Å². The van der Waals surface area contributed by atoms with Gasteiger partial charge in [-0.3, -0.25) is 0 Å². The summed E-state index contributed by atoms with van der Waals surface area (Å²) in [5.74, 6) is -0.340. The Balaban J connectivity index is 2.45. The molecule has 0 bridgehead atoms. The van der Waals surface area contributed by atoms with Crippen LogP contribution in [0.2, 0.25) is 0 Å². The highest BCUT2D eigenvalue weighted by molar-refractivity contribution is 5.81. The predicted octanol–water partition coefficient (Wildman–Crippen LogP) is 5.18. The molecule has 0 aliphatic rings. The van der Waals surface area contributed by atoms with Gasteiger partial charge < -0.3 is 4.42 Å². The molecule has 126 valence electrons. The summed E-state index contributed by atoms with van der Waals surface area (Å²) in [6.07, 6.45) is 0. The van der Waals surface area contributed by atoms with Gasteiger partial charge in [0.2, 0.25) is 0 Å².